The summed E-state index contributed by atoms with van der Waals surface area (Å²) in [6.45, 7) is 3.08. The third-order valence-electron chi connectivity index (χ3n) is 4.88. The molecule has 1 unspecified atom stereocenters. The van der Waals surface area contributed by atoms with E-state index in [1.54, 1.807) is 30.2 Å². The first-order valence-corrected chi connectivity index (χ1v) is 9.08. The molecule has 2 amide bonds. The molecule has 0 aliphatic carbocycles. The Hall–Kier alpha value is -2.73. The Morgan fingerprint density at radius 1 is 1.18 bits per heavy atom. The summed E-state index contributed by atoms with van der Waals surface area (Å²) in [6, 6.07) is 12.7. The van der Waals surface area contributed by atoms with E-state index in [4.69, 9.17) is 10.5 Å². The summed E-state index contributed by atoms with van der Waals surface area (Å²) in [5.74, 6) is 0.208. The number of hydrogen-bond donors (Lipinski definition) is 2. The van der Waals surface area contributed by atoms with Crippen molar-refractivity contribution in [2.24, 2.45) is 5.92 Å². The molecule has 1 fully saturated rings. The number of ether oxygens (including phenoxy) is 1. The fraction of sp³-hybridized carbons (Fsp3) is 0.333. The lowest BCUT2D eigenvalue weighted by Crippen LogP contribution is -2.43. The Bertz CT molecular complexity index is 839. The molecule has 2 aromatic carbocycles. The number of nitrogens with one attached hydrogen (secondary N) is 1. The Kier molecular flexibility index (Phi) is 7.29. The lowest BCUT2D eigenvalue weighted by molar-refractivity contribution is -0.121. The molecule has 0 radical (unpaired) electrons. The molecule has 1 aliphatic heterocycles. The fourth-order valence-electron chi connectivity index (χ4n) is 3.31. The van der Waals surface area contributed by atoms with Gasteiger partial charge in [0.2, 0.25) is 5.91 Å². The van der Waals surface area contributed by atoms with Crippen molar-refractivity contribution in [2.75, 3.05) is 31.2 Å². The van der Waals surface area contributed by atoms with Gasteiger partial charge in [0.05, 0.1) is 18.7 Å². The van der Waals surface area contributed by atoms with Gasteiger partial charge >= 0.3 is 0 Å². The lowest BCUT2D eigenvalue weighted by Gasteiger charge is -2.32. The number of nitrogens with two attached hydrogens (primary N) is 1. The summed E-state index contributed by atoms with van der Waals surface area (Å²) in [4.78, 5) is 27.1. The average molecular weight is 404 g/mol. The number of likely N-dealkylation sites (tertiary alicyclic amines) is 1. The highest BCUT2D eigenvalue weighted by Gasteiger charge is 2.29. The molecule has 3 rings (SSSR count). The van der Waals surface area contributed by atoms with Crippen LogP contribution < -0.4 is 15.8 Å². The largest absolute Gasteiger partial charge is 0.495 e. The maximum Gasteiger partial charge on any atom is 0.253 e. The normalized spacial score (nSPS) is 16.1. The monoisotopic (exact) mass is 403 g/mol. The van der Waals surface area contributed by atoms with E-state index in [1.165, 1.54) is 0 Å². The van der Waals surface area contributed by atoms with Gasteiger partial charge in [-0.15, -0.1) is 12.4 Å². The molecule has 0 aromatic heterocycles. The molecule has 0 spiro atoms. The molecule has 6 nitrogen and oxygen atoms in total. The van der Waals surface area contributed by atoms with Crippen molar-refractivity contribution in [1.82, 2.24) is 4.90 Å². The zero-order valence-electron chi connectivity index (χ0n) is 16.1. The maximum atomic E-state index is 12.7. The summed E-state index contributed by atoms with van der Waals surface area (Å²) >= 11 is 0. The first kappa shape index (κ1) is 21.6. The number of methoxy groups -OCH3 is 1. The first-order valence-electron chi connectivity index (χ1n) is 9.08. The van der Waals surface area contributed by atoms with Crippen LogP contribution in [-0.4, -0.2) is 36.9 Å². The molecule has 1 saturated heterocycles. The van der Waals surface area contributed by atoms with Gasteiger partial charge in [0.15, 0.2) is 0 Å². The third kappa shape index (κ3) is 4.95. The van der Waals surface area contributed by atoms with Gasteiger partial charge in [-0.05, 0) is 50.1 Å². The topological polar surface area (TPSA) is 84.7 Å². The highest BCUT2D eigenvalue weighted by atomic mass is 35.5. The molecule has 2 aromatic rings. The van der Waals surface area contributed by atoms with E-state index in [0.29, 0.717) is 35.8 Å². The quantitative estimate of drug-likeness (QED) is 0.765. The predicted molar refractivity (Wildman–Crippen MR) is 113 cm³/mol. The van der Waals surface area contributed by atoms with Crippen molar-refractivity contribution in [3.63, 3.8) is 0 Å². The molecule has 1 heterocycles. The minimum atomic E-state index is -0.239. The Morgan fingerprint density at radius 3 is 2.54 bits per heavy atom. The number of nitrogen functional groups attached to an aromatic ring is 1. The second-order valence-electron chi connectivity index (χ2n) is 6.90. The van der Waals surface area contributed by atoms with E-state index in [-0.39, 0.29) is 30.1 Å². The number of halogens is 1. The van der Waals surface area contributed by atoms with Crippen molar-refractivity contribution < 1.29 is 14.3 Å². The second-order valence-corrected chi connectivity index (χ2v) is 6.90. The van der Waals surface area contributed by atoms with Crippen molar-refractivity contribution in [3.05, 3.63) is 53.6 Å². The number of hydrogen-bond acceptors (Lipinski definition) is 4. The van der Waals surface area contributed by atoms with Crippen molar-refractivity contribution in [1.29, 1.82) is 0 Å². The number of nitrogens with zero attached hydrogens (tertiary/aromatic N) is 1. The number of piperidine rings is 1. The van der Waals surface area contributed by atoms with Gasteiger partial charge < -0.3 is 20.7 Å². The van der Waals surface area contributed by atoms with Gasteiger partial charge in [-0.25, -0.2) is 0 Å². The Labute approximate surface area is 171 Å². The zero-order valence-corrected chi connectivity index (χ0v) is 16.9. The van der Waals surface area contributed by atoms with Crippen LogP contribution in [0.5, 0.6) is 5.75 Å². The number of amides is 2. The third-order valence-corrected chi connectivity index (χ3v) is 4.88. The minimum absolute atomic E-state index is 0. The van der Waals surface area contributed by atoms with E-state index in [1.807, 2.05) is 31.2 Å². The van der Waals surface area contributed by atoms with Gasteiger partial charge in [-0.3, -0.25) is 9.59 Å². The summed E-state index contributed by atoms with van der Waals surface area (Å²) in [7, 11) is 1.55. The molecule has 28 heavy (non-hydrogen) atoms. The molecular formula is C21H26ClN3O3. The van der Waals surface area contributed by atoms with Crippen LogP contribution in [0, 0.1) is 12.8 Å². The van der Waals surface area contributed by atoms with Crippen LogP contribution in [-0.2, 0) is 4.79 Å². The number of anilines is 2. The number of rotatable bonds is 4. The molecule has 3 N–H and O–H groups in total. The summed E-state index contributed by atoms with van der Waals surface area (Å²) in [6.07, 6.45) is 1.57. The van der Waals surface area contributed by atoms with Crippen molar-refractivity contribution in [2.45, 2.75) is 19.8 Å². The average Bonchev–Trinajstić information content (AvgIpc) is 2.68. The van der Waals surface area contributed by atoms with E-state index < -0.39 is 0 Å². The minimum Gasteiger partial charge on any atom is -0.495 e. The van der Waals surface area contributed by atoms with Crippen molar-refractivity contribution >= 4 is 35.6 Å². The van der Waals surface area contributed by atoms with E-state index in [2.05, 4.69) is 5.32 Å². The fourth-order valence-corrected chi connectivity index (χ4v) is 3.31. The Balaban J connectivity index is 0.00000280. The van der Waals surface area contributed by atoms with Gasteiger partial charge in [0.1, 0.15) is 5.75 Å². The molecule has 0 saturated carbocycles. The summed E-state index contributed by atoms with van der Waals surface area (Å²) in [5.41, 5.74) is 8.76. The van der Waals surface area contributed by atoms with E-state index in [0.717, 1.165) is 18.4 Å². The predicted octanol–water partition coefficient (Wildman–Crippen LogP) is 3.50. The molecule has 1 atom stereocenters. The van der Waals surface area contributed by atoms with Gasteiger partial charge in [-0.1, -0.05) is 17.7 Å². The highest BCUT2D eigenvalue weighted by molar-refractivity contribution is 5.96. The van der Waals surface area contributed by atoms with E-state index >= 15 is 0 Å². The maximum absolute atomic E-state index is 12.7. The number of carbonyl (C=O) groups is 2. The zero-order chi connectivity index (χ0) is 19.4. The van der Waals surface area contributed by atoms with E-state index in [9.17, 15) is 9.59 Å². The lowest BCUT2D eigenvalue weighted by atomic mass is 9.96. The molecule has 150 valence electrons. The SMILES string of the molecule is COc1ccc(NC(=O)C2CCCN(C(=O)c3ccc(C)cc3)C2)cc1N.Cl. The first-order chi connectivity index (χ1) is 13.0. The highest BCUT2D eigenvalue weighted by Crippen LogP contribution is 2.26. The number of carbonyl (C=O) groups excluding carboxylic acids is 2. The van der Waals surface area contributed by atoms with Crippen molar-refractivity contribution in [3.8, 4) is 5.75 Å². The van der Waals surface area contributed by atoms with Crippen LogP contribution in [0.3, 0.4) is 0 Å². The Morgan fingerprint density at radius 2 is 1.89 bits per heavy atom. The van der Waals surface area contributed by atoms with Crippen LogP contribution in [0.2, 0.25) is 0 Å². The molecular weight excluding hydrogens is 378 g/mol. The number of benzene rings is 2. The summed E-state index contributed by atoms with van der Waals surface area (Å²) < 4.78 is 5.13. The number of aryl methyl sites for hydroxylation is 1. The standard InChI is InChI=1S/C21H25N3O3.ClH/c1-14-5-7-15(8-6-14)21(26)24-11-3-4-16(13-24)20(25)23-17-9-10-19(27-2)18(22)12-17;/h5-10,12,16H,3-4,11,13,22H2,1-2H3,(H,23,25);1H. The van der Waals surface area contributed by atoms with Crippen LogP contribution in [0.25, 0.3) is 0 Å². The summed E-state index contributed by atoms with van der Waals surface area (Å²) in [5, 5.41) is 2.90. The van der Waals surface area contributed by atoms with Crippen LogP contribution in [0.4, 0.5) is 11.4 Å². The van der Waals surface area contributed by atoms with Gasteiger partial charge in [0, 0.05) is 24.3 Å². The second kappa shape index (κ2) is 9.46. The molecule has 0 bridgehead atoms. The van der Waals surface area contributed by atoms with Crippen LogP contribution in [0.15, 0.2) is 42.5 Å². The molecule has 7 heteroatoms. The van der Waals surface area contributed by atoms with Gasteiger partial charge in [-0.2, -0.15) is 0 Å². The smallest absolute Gasteiger partial charge is 0.253 e. The van der Waals surface area contributed by atoms with Crippen LogP contribution >= 0.6 is 12.4 Å². The molecule has 1 aliphatic rings. The van der Waals surface area contributed by atoms with Gasteiger partial charge in [0.25, 0.3) is 5.91 Å². The van der Waals surface area contributed by atoms with Crippen LogP contribution in [0.1, 0.15) is 28.8 Å².